The van der Waals surface area contributed by atoms with Crippen molar-refractivity contribution in [2.45, 2.75) is 12.6 Å². The fourth-order valence-electron chi connectivity index (χ4n) is 2.74. The van der Waals surface area contributed by atoms with Crippen LogP contribution >= 0.6 is 0 Å². The van der Waals surface area contributed by atoms with Crippen LogP contribution < -0.4 is 14.8 Å². The molecule has 1 N–H and O–H groups in total. The van der Waals surface area contributed by atoms with E-state index in [1.54, 1.807) is 12.5 Å². The highest BCUT2D eigenvalue weighted by Gasteiger charge is 2.19. The molecule has 5 heteroatoms. The Labute approximate surface area is 140 Å². The summed E-state index contributed by atoms with van der Waals surface area (Å²) in [4.78, 5) is 4.06. The van der Waals surface area contributed by atoms with Crippen molar-refractivity contribution in [3.8, 4) is 17.2 Å². The van der Waals surface area contributed by atoms with Crippen LogP contribution in [-0.4, -0.2) is 28.8 Å². The number of rotatable bonds is 5. The standard InChI is InChI=1S/C19H19N3O2/c1-2-4-19-18(3-1)23-13-17(24-19)12-21-11-15-5-7-16(8-6-15)22-10-9-20-14-22/h1-10,14,17,21H,11-13H2/t17-/m1/s1. The fraction of sp³-hybridized carbons (Fsp3) is 0.211. The summed E-state index contributed by atoms with van der Waals surface area (Å²) in [6, 6.07) is 16.2. The summed E-state index contributed by atoms with van der Waals surface area (Å²) in [5.74, 6) is 1.64. The van der Waals surface area contributed by atoms with Crippen molar-refractivity contribution in [1.82, 2.24) is 14.9 Å². The van der Waals surface area contributed by atoms with E-state index >= 15 is 0 Å². The monoisotopic (exact) mass is 321 g/mol. The Balaban J connectivity index is 1.29. The molecule has 1 aliphatic heterocycles. The number of para-hydroxylation sites is 2. The molecule has 0 unspecified atom stereocenters. The minimum absolute atomic E-state index is 0.0325. The Kier molecular flexibility index (Phi) is 4.16. The van der Waals surface area contributed by atoms with Crippen LogP contribution in [0.2, 0.25) is 0 Å². The lowest BCUT2D eigenvalue weighted by Gasteiger charge is -2.26. The Bertz CT molecular complexity index is 785. The molecule has 24 heavy (non-hydrogen) atoms. The van der Waals surface area contributed by atoms with Crippen molar-refractivity contribution < 1.29 is 9.47 Å². The summed E-state index contributed by atoms with van der Waals surface area (Å²) in [7, 11) is 0. The van der Waals surface area contributed by atoms with Gasteiger partial charge >= 0.3 is 0 Å². The van der Waals surface area contributed by atoms with Crippen molar-refractivity contribution in [2.75, 3.05) is 13.2 Å². The maximum atomic E-state index is 5.94. The first kappa shape index (κ1) is 14.8. The summed E-state index contributed by atoms with van der Waals surface area (Å²) in [5.41, 5.74) is 2.34. The second-order valence-corrected chi connectivity index (χ2v) is 5.76. The van der Waals surface area contributed by atoms with Crippen LogP contribution in [0.15, 0.2) is 67.3 Å². The largest absolute Gasteiger partial charge is 0.486 e. The number of fused-ring (bicyclic) bond motifs is 1. The zero-order valence-corrected chi connectivity index (χ0v) is 13.3. The average Bonchev–Trinajstić information content (AvgIpc) is 3.17. The van der Waals surface area contributed by atoms with E-state index in [0.29, 0.717) is 6.61 Å². The number of ether oxygens (including phenoxy) is 2. The van der Waals surface area contributed by atoms with Crippen molar-refractivity contribution in [3.05, 3.63) is 72.8 Å². The Morgan fingerprint density at radius 1 is 1.08 bits per heavy atom. The maximum Gasteiger partial charge on any atom is 0.161 e. The highest BCUT2D eigenvalue weighted by Crippen LogP contribution is 2.30. The van der Waals surface area contributed by atoms with Gasteiger partial charge in [-0.25, -0.2) is 4.98 Å². The van der Waals surface area contributed by atoms with Gasteiger partial charge in [0.2, 0.25) is 0 Å². The Morgan fingerprint density at radius 3 is 2.71 bits per heavy atom. The molecule has 0 aliphatic carbocycles. The third kappa shape index (κ3) is 3.26. The van der Waals surface area contributed by atoms with E-state index in [0.717, 1.165) is 30.3 Å². The molecule has 1 atom stereocenters. The second-order valence-electron chi connectivity index (χ2n) is 5.76. The molecule has 4 rings (SSSR count). The SMILES string of the molecule is c1ccc2c(c1)OC[C@@H](CNCc1ccc(-n3ccnc3)cc1)O2. The van der Waals surface area contributed by atoms with Crippen molar-refractivity contribution in [2.24, 2.45) is 0 Å². The highest BCUT2D eigenvalue weighted by atomic mass is 16.6. The van der Waals surface area contributed by atoms with Gasteiger partial charge in [-0.05, 0) is 29.8 Å². The molecule has 0 bridgehead atoms. The Morgan fingerprint density at radius 2 is 1.92 bits per heavy atom. The van der Waals surface area contributed by atoms with E-state index in [2.05, 4.69) is 34.6 Å². The third-order valence-corrected chi connectivity index (χ3v) is 4.01. The van der Waals surface area contributed by atoms with Crippen LogP contribution in [0.1, 0.15) is 5.56 Å². The van der Waals surface area contributed by atoms with Crippen LogP contribution in [0.5, 0.6) is 11.5 Å². The minimum atomic E-state index is 0.0325. The zero-order valence-electron chi connectivity index (χ0n) is 13.3. The number of imidazole rings is 1. The van der Waals surface area contributed by atoms with Crippen LogP contribution in [0, 0.1) is 0 Å². The van der Waals surface area contributed by atoms with Crippen LogP contribution in [0.4, 0.5) is 0 Å². The molecule has 2 aromatic carbocycles. The van der Waals surface area contributed by atoms with E-state index in [-0.39, 0.29) is 6.10 Å². The molecular weight excluding hydrogens is 302 g/mol. The number of nitrogens with zero attached hydrogens (tertiary/aromatic N) is 2. The molecule has 0 amide bonds. The van der Waals surface area contributed by atoms with E-state index in [9.17, 15) is 0 Å². The van der Waals surface area contributed by atoms with Gasteiger partial charge in [0, 0.05) is 31.2 Å². The fourth-order valence-corrected chi connectivity index (χ4v) is 2.74. The van der Waals surface area contributed by atoms with Crippen molar-refractivity contribution in [3.63, 3.8) is 0 Å². The predicted molar refractivity (Wildman–Crippen MR) is 91.6 cm³/mol. The minimum Gasteiger partial charge on any atom is -0.486 e. The molecule has 1 aromatic heterocycles. The predicted octanol–water partition coefficient (Wildman–Crippen LogP) is 2.80. The number of nitrogens with one attached hydrogen (secondary N) is 1. The van der Waals surface area contributed by atoms with Crippen LogP contribution in [0.3, 0.4) is 0 Å². The molecule has 5 nitrogen and oxygen atoms in total. The summed E-state index contributed by atoms with van der Waals surface area (Å²) < 4.78 is 13.7. The lowest BCUT2D eigenvalue weighted by molar-refractivity contribution is 0.0902. The van der Waals surface area contributed by atoms with Crippen LogP contribution in [-0.2, 0) is 6.54 Å². The molecule has 122 valence electrons. The lowest BCUT2D eigenvalue weighted by Crippen LogP contribution is -2.38. The third-order valence-electron chi connectivity index (χ3n) is 4.01. The maximum absolute atomic E-state index is 5.94. The topological polar surface area (TPSA) is 48.3 Å². The summed E-state index contributed by atoms with van der Waals surface area (Å²) in [6.45, 7) is 2.12. The number of hydrogen-bond donors (Lipinski definition) is 1. The summed E-state index contributed by atoms with van der Waals surface area (Å²) in [6.07, 6.45) is 5.54. The van der Waals surface area contributed by atoms with Gasteiger partial charge in [-0.2, -0.15) is 0 Å². The summed E-state index contributed by atoms with van der Waals surface area (Å²) in [5, 5.41) is 3.43. The average molecular weight is 321 g/mol. The van der Waals surface area contributed by atoms with Gasteiger partial charge in [-0.3, -0.25) is 0 Å². The quantitative estimate of drug-likeness (QED) is 0.785. The smallest absolute Gasteiger partial charge is 0.161 e. The summed E-state index contributed by atoms with van der Waals surface area (Å²) >= 11 is 0. The molecule has 0 fully saturated rings. The molecule has 2 heterocycles. The number of benzene rings is 2. The molecule has 0 radical (unpaired) electrons. The lowest BCUT2D eigenvalue weighted by atomic mass is 10.2. The normalized spacial score (nSPS) is 16.1. The number of aromatic nitrogens is 2. The second kappa shape index (κ2) is 6.76. The van der Waals surface area contributed by atoms with E-state index in [1.165, 1.54) is 5.56 Å². The molecule has 0 spiro atoms. The van der Waals surface area contributed by atoms with Gasteiger partial charge in [0.25, 0.3) is 0 Å². The van der Waals surface area contributed by atoms with Gasteiger partial charge in [0.05, 0.1) is 6.33 Å². The van der Waals surface area contributed by atoms with Crippen molar-refractivity contribution >= 4 is 0 Å². The van der Waals surface area contributed by atoms with Gasteiger partial charge in [-0.1, -0.05) is 24.3 Å². The first-order chi connectivity index (χ1) is 11.9. The number of hydrogen-bond acceptors (Lipinski definition) is 4. The molecule has 0 saturated carbocycles. The van der Waals surface area contributed by atoms with Gasteiger partial charge in [0.15, 0.2) is 11.5 Å². The first-order valence-corrected chi connectivity index (χ1v) is 8.05. The zero-order chi connectivity index (χ0) is 16.2. The van der Waals surface area contributed by atoms with Gasteiger partial charge in [0.1, 0.15) is 12.7 Å². The van der Waals surface area contributed by atoms with E-state index in [1.807, 2.05) is 35.0 Å². The molecule has 1 aliphatic rings. The Hall–Kier alpha value is -2.79. The van der Waals surface area contributed by atoms with E-state index in [4.69, 9.17) is 9.47 Å². The molecule has 0 saturated heterocycles. The highest BCUT2D eigenvalue weighted by molar-refractivity contribution is 5.40. The van der Waals surface area contributed by atoms with Crippen molar-refractivity contribution in [1.29, 1.82) is 0 Å². The first-order valence-electron chi connectivity index (χ1n) is 8.05. The molecule has 3 aromatic rings. The molecular formula is C19H19N3O2. The van der Waals surface area contributed by atoms with E-state index < -0.39 is 0 Å². The van der Waals surface area contributed by atoms with Gasteiger partial charge < -0.3 is 19.4 Å². The van der Waals surface area contributed by atoms with Gasteiger partial charge in [-0.15, -0.1) is 0 Å². The van der Waals surface area contributed by atoms with Crippen LogP contribution in [0.25, 0.3) is 5.69 Å².